The lowest BCUT2D eigenvalue weighted by Gasteiger charge is -2.24. The number of esters is 1. The first-order valence-electron chi connectivity index (χ1n) is 9.88. The molecule has 1 aromatic carbocycles. The number of nitrogens with zero attached hydrogens (tertiary/aromatic N) is 2. The third-order valence-electron chi connectivity index (χ3n) is 5.54. The van der Waals surface area contributed by atoms with Gasteiger partial charge in [0.1, 0.15) is 5.69 Å². The monoisotopic (exact) mass is 398 g/mol. The minimum absolute atomic E-state index is 0.202. The van der Waals surface area contributed by atoms with E-state index in [-0.39, 0.29) is 18.3 Å². The molecule has 1 amide bonds. The van der Waals surface area contributed by atoms with Gasteiger partial charge in [-0.15, -0.1) is 0 Å². The summed E-state index contributed by atoms with van der Waals surface area (Å²) in [6.45, 7) is 9.29. The molecule has 0 saturated heterocycles. The predicted molar refractivity (Wildman–Crippen MR) is 113 cm³/mol. The maximum absolute atomic E-state index is 13.3. The number of ketones is 1. The van der Waals surface area contributed by atoms with Crippen molar-refractivity contribution in [3.63, 3.8) is 0 Å². The number of hydrogen-bond acceptors (Lipinski definition) is 4. The van der Waals surface area contributed by atoms with Gasteiger partial charge in [-0.1, -0.05) is 19.1 Å². The van der Waals surface area contributed by atoms with E-state index < -0.39 is 12.0 Å². The first-order valence-corrected chi connectivity index (χ1v) is 9.88. The first kappa shape index (κ1) is 22.4. The Morgan fingerprint density at radius 2 is 1.69 bits per heavy atom. The zero-order chi connectivity index (χ0) is 21.9. The van der Waals surface area contributed by atoms with E-state index in [2.05, 4.69) is 6.92 Å². The van der Waals surface area contributed by atoms with Crippen molar-refractivity contribution in [3.05, 3.63) is 57.9 Å². The van der Waals surface area contributed by atoms with Gasteiger partial charge in [-0.3, -0.25) is 9.59 Å². The molecule has 0 aliphatic rings. The van der Waals surface area contributed by atoms with Crippen LogP contribution in [0.5, 0.6) is 0 Å². The van der Waals surface area contributed by atoms with Gasteiger partial charge in [-0.25, -0.2) is 4.79 Å². The summed E-state index contributed by atoms with van der Waals surface area (Å²) in [7, 11) is 3.36. The zero-order valence-electron chi connectivity index (χ0n) is 18.3. The quantitative estimate of drug-likeness (QED) is 0.526. The molecule has 2 aromatic rings. The second kappa shape index (κ2) is 9.07. The Bertz CT molecular complexity index is 925. The second-order valence-corrected chi connectivity index (χ2v) is 7.22. The fourth-order valence-corrected chi connectivity index (χ4v) is 3.48. The summed E-state index contributed by atoms with van der Waals surface area (Å²) >= 11 is 0. The van der Waals surface area contributed by atoms with E-state index in [0.717, 1.165) is 12.0 Å². The van der Waals surface area contributed by atoms with E-state index in [4.69, 9.17) is 4.74 Å². The summed E-state index contributed by atoms with van der Waals surface area (Å²) < 4.78 is 6.80. The number of aryl methyl sites for hydroxylation is 1. The molecular formula is C23H30N2O4. The van der Waals surface area contributed by atoms with Gasteiger partial charge in [0, 0.05) is 30.9 Å². The van der Waals surface area contributed by atoms with Crippen LogP contribution in [0.15, 0.2) is 24.3 Å². The number of hydrogen-bond donors (Lipinski definition) is 0. The standard InChI is InChI=1S/C23H30N2O4/c1-8-17-10-12-18(13-11-17)22(27)25(7)16(5)21(26)19-14(3)20(23(28)29-9-2)24(6)15(19)4/h10-13,16H,8-9H2,1-7H3/t16-/m1/s1. The number of aromatic nitrogens is 1. The van der Waals surface area contributed by atoms with Crippen LogP contribution in [0.3, 0.4) is 0 Å². The molecule has 0 aliphatic carbocycles. The topological polar surface area (TPSA) is 68.6 Å². The number of carbonyl (C=O) groups excluding carboxylic acids is 3. The van der Waals surface area contributed by atoms with E-state index in [1.807, 2.05) is 12.1 Å². The number of ether oxygens (including phenoxy) is 1. The number of Topliss-reactive ketones (excluding diaryl/α,β-unsaturated/α-hetero) is 1. The first-order chi connectivity index (χ1) is 13.6. The normalized spacial score (nSPS) is 11.8. The highest BCUT2D eigenvalue weighted by molar-refractivity contribution is 6.07. The van der Waals surface area contributed by atoms with Crippen LogP contribution in [0, 0.1) is 13.8 Å². The molecule has 0 saturated carbocycles. The van der Waals surface area contributed by atoms with Crippen molar-refractivity contribution in [1.82, 2.24) is 9.47 Å². The molecule has 6 nitrogen and oxygen atoms in total. The van der Waals surface area contributed by atoms with Crippen molar-refractivity contribution in [3.8, 4) is 0 Å². The molecular weight excluding hydrogens is 368 g/mol. The highest BCUT2D eigenvalue weighted by Crippen LogP contribution is 2.25. The van der Waals surface area contributed by atoms with Crippen molar-refractivity contribution in [2.75, 3.05) is 13.7 Å². The molecule has 1 heterocycles. The maximum atomic E-state index is 13.3. The predicted octanol–water partition coefficient (Wildman–Crippen LogP) is 3.72. The minimum Gasteiger partial charge on any atom is -0.461 e. The van der Waals surface area contributed by atoms with Crippen molar-refractivity contribution in [2.45, 2.75) is 47.1 Å². The number of carbonyl (C=O) groups is 3. The summed E-state index contributed by atoms with van der Waals surface area (Å²) in [5.41, 5.74) is 3.77. The fourth-order valence-electron chi connectivity index (χ4n) is 3.48. The fraction of sp³-hybridized carbons (Fsp3) is 0.435. The number of benzene rings is 1. The van der Waals surface area contributed by atoms with Gasteiger partial charge in [0.05, 0.1) is 12.6 Å². The van der Waals surface area contributed by atoms with Crippen molar-refractivity contribution in [2.24, 2.45) is 7.05 Å². The molecule has 0 unspecified atom stereocenters. The Hall–Kier alpha value is -2.89. The second-order valence-electron chi connectivity index (χ2n) is 7.22. The Balaban J connectivity index is 2.32. The van der Waals surface area contributed by atoms with Crippen molar-refractivity contribution >= 4 is 17.7 Å². The molecule has 156 valence electrons. The lowest BCUT2D eigenvalue weighted by atomic mass is 9.99. The smallest absolute Gasteiger partial charge is 0.355 e. The number of amides is 1. The van der Waals surface area contributed by atoms with Gasteiger partial charge < -0.3 is 14.2 Å². The van der Waals surface area contributed by atoms with E-state index in [1.165, 1.54) is 4.90 Å². The molecule has 2 rings (SSSR count). The third kappa shape index (κ3) is 4.26. The summed E-state index contributed by atoms with van der Waals surface area (Å²) in [4.78, 5) is 39.9. The largest absolute Gasteiger partial charge is 0.461 e. The van der Waals surface area contributed by atoms with Gasteiger partial charge in [0.25, 0.3) is 5.91 Å². The van der Waals surface area contributed by atoms with Crippen LogP contribution in [-0.2, 0) is 18.2 Å². The lowest BCUT2D eigenvalue weighted by molar-refractivity contribution is 0.0514. The Morgan fingerprint density at radius 1 is 1.10 bits per heavy atom. The molecule has 0 spiro atoms. The highest BCUT2D eigenvalue weighted by Gasteiger charge is 2.31. The Labute approximate surface area is 172 Å². The van der Waals surface area contributed by atoms with Gasteiger partial charge in [-0.05, 0) is 57.4 Å². The third-order valence-corrected chi connectivity index (χ3v) is 5.54. The van der Waals surface area contributed by atoms with Crippen LogP contribution in [-0.4, -0.2) is 46.8 Å². The van der Waals surface area contributed by atoms with Crippen LogP contribution < -0.4 is 0 Å². The van der Waals surface area contributed by atoms with Crippen molar-refractivity contribution in [1.29, 1.82) is 0 Å². The molecule has 0 fully saturated rings. The van der Waals surface area contributed by atoms with Crippen molar-refractivity contribution < 1.29 is 19.1 Å². The van der Waals surface area contributed by atoms with Crippen LogP contribution in [0.25, 0.3) is 0 Å². The number of rotatable bonds is 7. The molecule has 0 radical (unpaired) electrons. The molecule has 1 atom stereocenters. The highest BCUT2D eigenvalue weighted by atomic mass is 16.5. The van der Waals surface area contributed by atoms with Crippen LogP contribution in [0.2, 0.25) is 0 Å². The summed E-state index contributed by atoms with van der Waals surface area (Å²) in [6, 6.07) is 6.73. The lowest BCUT2D eigenvalue weighted by Crippen LogP contribution is -2.40. The average molecular weight is 399 g/mol. The van der Waals surface area contributed by atoms with Crippen LogP contribution in [0.1, 0.15) is 68.8 Å². The zero-order valence-corrected chi connectivity index (χ0v) is 18.3. The molecule has 29 heavy (non-hydrogen) atoms. The van der Waals surface area contributed by atoms with Gasteiger partial charge in [0.15, 0.2) is 5.78 Å². The summed E-state index contributed by atoms with van der Waals surface area (Å²) in [5, 5.41) is 0. The number of likely N-dealkylation sites (N-methyl/N-ethyl adjacent to an activating group) is 1. The van der Waals surface area contributed by atoms with E-state index >= 15 is 0 Å². The summed E-state index contributed by atoms with van der Waals surface area (Å²) in [5.74, 6) is -0.875. The molecule has 0 aliphatic heterocycles. The maximum Gasteiger partial charge on any atom is 0.355 e. The Morgan fingerprint density at radius 3 is 2.21 bits per heavy atom. The van der Waals surface area contributed by atoms with E-state index in [1.54, 1.807) is 58.5 Å². The molecule has 1 aromatic heterocycles. The van der Waals surface area contributed by atoms with Gasteiger partial charge in [-0.2, -0.15) is 0 Å². The summed E-state index contributed by atoms with van der Waals surface area (Å²) in [6.07, 6.45) is 0.897. The molecule has 0 bridgehead atoms. The SMILES string of the molecule is CCOC(=O)c1c(C)c(C(=O)[C@@H](C)N(C)C(=O)c2ccc(CC)cc2)c(C)n1C. The van der Waals surface area contributed by atoms with E-state index in [0.29, 0.717) is 28.1 Å². The van der Waals surface area contributed by atoms with Gasteiger partial charge >= 0.3 is 5.97 Å². The van der Waals surface area contributed by atoms with Crippen LogP contribution in [0.4, 0.5) is 0 Å². The minimum atomic E-state index is -0.678. The van der Waals surface area contributed by atoms with E-state index in [9.17, 15) is 14.4 Å². The Kier molecular flexibility index (Phi) is 7.01. The molecule has 0 N–H and O–H groups in total. The van der Waals surface area contributed by atoms with Gasteiger partial charge in [0.2, 0.25) is 0 Å². The van der Waals surface area contributed by atoms with Crippen LogP contribution >= 0.6 is 0 Å². The average Bonchev–Trinajstić information content (AvgIpc) is 2.94. The molecule has 6 heteroatoms.